The number of amides is 1. The van der Waals surface area contributed by atoms with Gasteiger partial charge in [-0.2, -0.15) is 0 Å². The van der Waals surface area contributed by atoms with Gasteiger partial charge in [0.25, 0.3) is 5.91 Å². The van der Waals surface area contributed by atoms with Crippen LogP contribution < -0.4 is 5.32 Å². The molecule has 1 amide bonds. The number of thiazole rings is 1. The highest BCUT2D eigenvalue weighted by molar-refractivity contribution is 7.07. The quantitative estimate of drug-likeness (QED) is 0.922. The van der Waals surface area contributed by atoms with Crippen LogP contribution in [0.4, 0.5) is 4.39 Å². The summed E-state index contributed by atoms with van der Waals surface area (Å²) in [5, 5.41) is 4.49. The van der Waals surface area contributed by atoms with Gasteiger partial charge in [-0.15, -0.1) is 11.3 Å². The van der Waals surface area contributed by atoms with Crippen molar-refractivity contribution in [2.75, 3.05) is 6.54 Å². The average Bonchev–Trinajstić information content (AvgIpc) is 2.85. The molecule has 94 valence electrons. The van der Waals surface area contributed by atoms with Gasteiger partial charge < -0.3 is 5.32 Å². The Kier molecular flexibility index (Phi) is 4.04. The molecule has 1 N–H and O–H groups in total. The second-order valence-corrected chi connectivity index (χ2v) is 4.67. The molecule has 0 radical (unpaired) electrons. The summed E-state index contributed by atoms with van der Waals surface area (Å²) in [6.45, 7) is 2.38. The molecule has 0 atom stereocenters. The van der Waals surface area contributed by atoms with Crippen LogP contribution in [-0.2, 0) is 6.42 Å². The topological polar surface area (TPSA) is 42.0 Å². The number of rotatable bonds is 4. The van der Waals surface area contributed by atoms with E-state index in [2.05, 4.69) is 10.3 Å². The Morgan fingerprint density at radius 3 is 3.00 bits per heavy atom. The van der Waals surface area contributed by atoms with Crippen LogP contribution >= 0.6 is 11.3 Å². The van der Waals surface area contributed by atoms with Crippen molar-refractivity contribution < 1.29 is 9.18 Å². The summed E-state index contributed by atoms with van der Waals surface area (Å²) in [5.41, 5.74) is 4.00. The van der Waals surface area contributed by atoms with E-state index < -0.39 is 0 Å². The largest absolute Gasteiger partial charge is 0.350 e. The second-order valence-electron chi connectivity index (χ2n) is 3.95. The molecule has 0 aliphatic rings. The third-order valence-electron chi connectivity index (χ3n) is 2.65. The van der Waals surface area contributed by atoms with Crippen molar-refractivity contribution in [3.05, 3.63) is 51.7 Å². The maximum Gasteiger partial charge on any atom is 0.270 e. The third-order valence-corrected chi connectivity index (χ3v) is 3.24. The lowest BCUT2D eigenvalue weighted by Crippen LogP contribution is -2.26. The molecule has 1 heterocycles. The summed E-state index contributed by atoms with van der Waals surface area (Å²) in [7, 11) is 0. The van der Waals surface area contributed by atoms with Crippen molar-refractivity contribution >= 4 is 17.2 Å². The van der Waals surface area contributed by atoms with Crippen LogP contribution in [0.1, 0.15) is 21.6 Å². The normalized spacial score (nSPS) is 10.3. The summed E-state index contributed by atoms with van der Waals surface area (Å²) in [5.74, 6) is -0.404. The first-order valence-electron chi connectivity index (χ1n) is 5.58. The van der Waals surface area contributed by atoms with Gasteiger partial charge in [0.15, 0.2) is 0 Å². The highest BCUT2D eigenvalue weighted by atomic mass is 32.1. The van der Waals surface area contributed by atoms with Gasteiger partial charge in [0.05, 0.1) is 5.51 Å². The zero-order chi connectivity index (χ0) is 13.0. The summed E-state index contributed by atoms with van der Waals surface area (Å²) in [6, 6.07) is 4.68. The standard InChI is InChI=1S/C13H13FN2OS/c1-9-6-11(14)3-2-10(9)4-5-15-13(17)12-7-18-8-16-12/h2-3,6-8H,4-5H2,1H3,(H,15,17). The number of nitrogens with one attached hydrogen (secondary N) is 1. The van der Waals surface area contributed by atoms with Gasteiger partial charge >= 0.3 is 0 Å². The number of aryl methyl sites for hydroxylation is 1. The molecule has 0 saturated heterocycles. The molecule has 0 unspecified atom stereocenters. The molecule has 2 rings (SSSR count). The van der Waals surface area contributed by atoms with E-state index in [1.165, 1.54) is 23.5 Å². The molecule has 0 aliphatic heterocycles. The Hall–Kier alpha value is -1.75. The smallest absolute Gasteiger partial charge is 0.270 e. The summed E-state index contributed by atoms with van der Waals surface area (Å²) < 4.78 is 12.9. The molecule has 2 aromatic rings. The van der Waals surface area contributed by atoms with Gasteiger partial charge in [-0.1, -0.05) is 6.07 Å². The number of carbonyl (C=O) groups is 1. The highest BCUT2D eigenvalue weighted by Crippen LogP contribution is 2.10. The van der Waals surface area contributed by atoms with Crippen molar-refractivity contribution in [3.63, 3.8) is 0 Å². The van der Waals surface area contributed by atoms with E-state index in [9.17, 15) is 9.18 Å². The van der Waals surface area contributed by atoms with E-state index in [-0.39, 0.29) is 11.7 Å². The minimum absolute atomic E-state index is 0.170. The molecule has 0 bridgehead atoms. The van der Waals surface area contributed by atoms with Crippen LogP contribution in [0.2, 0.25) is 0 Å². The van der Waals surface area contributed by atoms with Crippen molar-refractivity contribution in [2.24, 2.45) is 0 Å². The van der Waals surface area contributed by atoms with Gasteiger partial charge in [0.1, 0.15) is 11.5 Å². The maximum absolute atomic E-state index is 12.9. The van der Waals surface area contributed by atoms with Gasteiger partial charge in [-0.25, -0.2) is 9.37 Å². The molecular weight excluding hydrogens is 251 g/mol. The summed E-state index contributed by atoms with van der Waals surface area (Å²) in [4.78, 5) is 15.5. The molecule has 18 heavy (non-hydrogen) atoms. The Labute approximate surface area is 109 Å². The van der Waals surface area contributed by atoms with Gasteiger partial charge in [0.2, 0.25) is 0 Å². The zero-order valence-corrected chi connectivity index (χ0v) is 10.8. The lowest BCUT2D eigenvalue weighted by Gasteiger charge is -2.06. The summed E-state index contributed by atoms with van der Waals surface area (Å²) in [6.07, 6.45) is 0.683. The number of benzene rings is 1. The fourth-order valence-electron chi connectivity index (χ4n) is 1.67. The van der Waals surface area contributed by atoms with E-state index >= 15 is 0 Å². The first kappa shape index (κ1) is 12.7. The van der Waals surface area contributed by atoms with Crippen LogP contribution in [0.25, 0.3) is 0 Å². The Bertz CT molecular complexity index is 540. The fraction of sp³-hybridized carbons (Fsp3) is 0.231. The Morgan fingerprint density at radius 1 is 1.50 bits per heavy atom. The second kappa shape index (κ2) is 5.73. The fourth-order valence-corrected chi connectivity index (χ4v) is 2.20. The Balaban J connectivity index is 1.87. The molecule has 5 heteroatoms. The first-order chi connectivity index (χ1) is 8.66. The van der Waals surface area contributed by atoms with E-state index in [0.717, 1.165) is 11.1 Å². The minimum Gasteiger partial charge on any atom is -0.350 e. The molecule has 1 aromatic heterocycles. The number of halogens is 1. The molecular formula is C13H13FN2OS. The number of hydrogen-bond donors (Lipinski definition) is 1. The maximum atomic E-state index is 12.9. The molecule has 1 aromatic carbocycles. The van der Waals surface area contributed by atoms with Crippen LogP contribution in [0.15, 0.2) is 29.1 Å². The molecule has 0 fully saturated rings. The van der Waals surface area contributed by atoms with Gasteiger partial charge in [-0.05, 0) is 36.6 Å². The van der Waals surface area contributed by atoms with Gasteiger partial charge in [0, 0.05) is 11.9 Å². The predicted molar refractivity (Wildman–Crippen MR) is 69.3 cm³/mol. The van der Waals surface area contributed by atoms with Crippen molar-refractivity contribution in [2.45, 2.75) is 13.3 Å². The lowest BCUT2D eigenvalue weighted by atomic mass is 10.1. The molecule has 0 spiro atoms. The number of nitrogens with zero attached hydrogens (tertiary/aromatic N) is 1. The molecule has 0 aliphatic carbocycles. The molecule has 0 saturated carbocycles. The van der Waals surface area contributed by atoms with Crippen LogP contribution in [0, 0.1) is 12.7 Å². The SMILES string of the molecule is Cc1cc(F)ccc1CCNC(=O)c1cscn1. The van der Waals surface area contributed by atoms with Crippen LogP contribution in [0.3, 0.4) is 0 Å². The number of carbonyl (C=O) groups excluding carboxylic acids is 1. The minimum atomic E-state index is -0.234. The monoisotopic (exact) mass is 264 g/mol. The van der Waals surface area contributed by atoms with E-state index in [0.29, 0.717) is 18.7 Å². The van der Waals surface area contributed by atoms with Crippen LogP contribution in [-0.4, -0.2) is 17.4 Å². The predicted octanol–water partition coefficient (Wildman–Crippen LogP) is 2.56. The number of hydrogen-bond acceptors (Lipinski definition) is 3. The summed E-state index contributed by atoms with van der Waals surface area (Å²) >= 11 is 1.39. The van der Waals surface area contributed by atoms with Crippen LogP contribution in [0.5, 0.6) is 0 Å². The number of aromatic nitrogens is 1. The third kappa shape index (κ3) is 3.13. The van der Waals surface area contributed by atoms with Crippen molar-refractivity contribution in [3.8, 4) is 0 Å². The van der Waals surface area contributed by atoms with E-state index in [4.69, 9.17) is 0 Å². The average molecular weight is 264 g/mol. The lowest BCUT2D eigenvalue weighted by molar-refractivity contribution is 0.0950. The van der Waals surface area contributed by atoms with Crippen molar-refractivity contribution in [1.82, 2.24) is 10.3 Å². The van der Waals surface area contributed by atoms with E-state index in [1.807, 2.05) is 6.92 Å². The van der Waals surface area contributed by atoms with Gasteiger partial charge in [-0.3, -0.25) is 4.79 Å². The van der Waals surface area contributed by atoms with E-state index in [1.54, 1.807) is 17.0 Å². The first-order valence-corrected chi connectivity index (χ1v) is 6.52. The zero-order valence-electron chi connectivity index (χ0n) is 9.94. The van der Waals surface area contributed by atoms with Crippen molar-refractivity contribution in [1.29, 1.82) is 0 Å². The highest BCUT2D eigenvalue weighted by Gasteiger charge is 2.07. The Morgan fingerprint density at radius 2 is 2.33 bits per heavy atom. The molecule has 3 nitrogen and oxygen atoms in total.